The Morgan fingerprint density at radius 2 is 1.56 bits per heavy atom. The molecule has 0 aliphatic heterocycles. The van der Waals surface area contributed by atoms with E-state index in [2.05, 4.69) is 24.5 Å². The summed E-state index contributed by atoms with van der Waals surface area (Å²) in [6, 6.07) is 14.7. The van der Waals surface area contributed by atoms with Crippen molar-refractivity contribution in [2.75, 3.05) is 31.3 Å². The summed E-state index contributed by atoms with van der Waals surface area (Å²) >= 11 is 0. The van der Waals surface area contributed by atoms with Crippen LogP contribution < -0.4 is 10.6 Å². The molecule has 2 amide bonds. The summed E-state index contributed by atoms with van der Waals surface area (Å²) < 4.78 is 0. The Labute approximate surface area is 149 Å². The Morgan fingerprint density at radius 3 is 2.12 bits per heavy atom. The van der Waals surface area contributed by atoms with Crippen LogP contribution in [-0.2, 0) is 4.79 Å². The van der Waals surface area contributed by atoms with Crippen LogP contribution in [0.1, 0.15) is 35.7 Å². The van der Waals surface area contributed by atoms with Crippen LogP contribution in [0.3, 0.4) is 0 Å². The Balaban J connectivity index is 2.00. The molecule has 0 bridgehead atoms. The second kappa shape index (κ2) is 8.44. The van der Waals surface area contributed by atoms with Crippen LogP contribution in [0.5, 0.6) is 0 Å². The smallest absolute Gasteiger partial charge is 0.255 e. The molecule has 0 aliphatic rings. The van der Waals surface area contributed by atoms with E-state index in [4.69, 9.17) is 0 Å². The molecule has 132 valence electrons. The molecule has 0 saturated carbocycles. The monoisotopic (exact) mass is 339 g/mol. The molecule has 0 aromatic heterocycles. The number of benzene rings is 2. The third-order valence-corrected chi connectivity index (χ3v) is 3.70. The number of hydrogen-bond acceptors (Lipinski definition) is 3. The summed E-state index contributed by atoms with van der Waals surface area (Å²) in [4.78, 5) is 25.9. The van der Waals surface area contributed by atoms with Gasteiger partial charge < -0.3 is 15.5 Å². The molecule has 25 heavy (non-hydrogen) atoms. The van der Waals surface area contributed by atoms with Crippen LogP contribution in [0.15, 0.2) is 48.5 Å². The molecular formula is C20H25N3O2. The van der Waals surface area contributed by atoms with Gasteiger partial charge in [0.1, 0.15) is 0 Å². The highest BCUT2D eigenvalue weighted by atomic mass is 16.2. The number of rotatable bonds is 6. The fraction of sp³-hybridized carbons (Fsp3) is 0.300. The minimum Gasteiger partial charge on any atom is -0.325 e. The van der Waals surface area contributed by atoms with Crippen LogP contribution in [0.25, 0.3) is 0 Å². The molecule has 0 saturated heterocycles. The molecule has 0 radical (unpaired) electrons. The maximum atomic E-state index is 12.4. The first-order valence-corrected chi connectivity index (χ1v) is 8.31. The van der Waals surface area contributed by atoms with Gasteiger partial charge in [0.15, 0.2) is 0 Å². The van der Waals surface area contributed by atoms with Crippen LogP contribution >= 0.6 is 0 Å². The van der Waals surface area contributed by atoms with Gasteiger partial charge in [-0.1, -0.05) is 26.0 Å². The average Bonchev–Trinajstić information content (AvgIpc) is 2.56. The molecule has 2 aromatic carbocycles. The molecule has 0 atom stereocenters. The first-order chi connectivity index (χ1) is 11.8. The van der Waals surface area contributed by atoms with Crippen LogP contribution in [0.4, 0.5) is 11.4 Å². The molecule has 0 unspecified atom stereocenters. The lowest BCUT2D eigenvalue weighted by Gasteiger charge is -2.11. The van der Waals surface area contributed by atoms with Gasteiger partial charge in [-0.15, -0.1) is 0 Å². The normalized spacial score (nSPS) is 10.8. The molecule has 0 fully saturated rings. The first-order valence-electron chi connectivity index (χ1n) is 8.31. The highest BCUT2D eigenvalue weighted by Gasteiger charge is 2.09. The van der Waals surface area contributed by atoms with E-state index in [-0.39, 0.29) is 11.8 Å². The van der Waals surface area contributed by atoms with Gasteiger partial charge >= 0.3 is 0 Å². The molecular weight excluding hydrogens is 314 g/mol. The number of likely N-dealkylation sites (N-methyl/N-ethyl adjacent to an activating group) is 1. The average molecular weight is 339 g/mol. The van der Waals surface area contributed by atoms with Crippen molar-refractivity contribution < 1.29 is 9.59 Å². The summed E-state index contributed by atoms with van der Waals surface area (Å²) in [5, 5.41) is 5.69. The lowest BCUT2D eigenvalue weighted by molar-refractivity contribution is -0.116. The van der Waals surface area contributed by atoms with Gasteiger partial charge in [-0.25, -0.2) is 0 Å². The van der Waals surface area contributed by atoms with E-state index < -0.39 is 0 Å². The fourth-order valence-corrected chi connectivity index (χ4v) is 2.37. The first kappa shape index (κ1) is 18.7. The Kier molecular flexibility index (Phi) is 6.31. The number of carbonyl (C=O) groups excluding carboxylic acids is 2. The molecule has 0 heterocycles. The van der Waals surface area contributed by atoms with Gasteiger partial charge in [0.05, 0.1) is 6.54 Å². The summed E-state index contributed by atoms with van der Waals surface area (Å²) in [5.74, 6) is 0.150. The van der Waals surface area contributed by atoms with E-state index in [9.17, 15) is 9.59 Å². The molecule has 2 rings (SSSR count). The van der Waals surface area contributed by atoms with Gasteiger partial charge in [-0.05, 0) is 62.0 Å². The number of anilines is 2. The summed E-state index contributed by atoms with van der Waals surface area (Å²) in [6.07, 6.45) is 0. The molecule has 5 nitrogen and oxygen atoms in total. The van der Waals surface area contributed by atoms with Gasteiger partial charge in [0, 0.05) is 16.9 Å². The van der Waals surface area contributed by atoms with E-state index in [0.717, 1.165) is 5.56 Å². The van der Waals surface area contributed by atoms with Crippen molar-refractivity contribution in [3.05, 3.63) is 59.7 Å². The topological polar surface area (TPSA) is 61.4 Å². The molecule has 5 heteroatoms. The predicted molar refractivity (Wildman–Crippen MR) is 102 cm³/mol. The zero-order valence-electron chi connectivity index (χ0n) is 15.2. The zero-order valence-corrected chi connectivity index (χ0v) is 15.2. The van der Waals surface area contributed by atoms with Crippen molar-refractivity contribution in [3.8, 4) is 0 Å². The van der Waals surface area contributed by atoms with Crippen molar-refractivity contribution >= 4 is 23.2 Å². The quantitative estimate of drug-likeness (QED) is 0.846. The zero-order chi connectivity index (χ0) is 18.4. The van der Waals surface area contributed by atoms with Gasteiger partial charge in [0.2, 0.25) is 5.91 Å². The predicted octanol–water partition coefficient (Wildman–Crippen LogP) is 3.56. The number of nitrogens with zero attached hydrogens (tertiary/aromatic N) is 1. The highest BCUT2D eigenvalue weighted by Crippen LogP contribution is 2.18. The minimum absolute atomic E-state index is 0.0766. The summed E-state index contributed by atoms with van der Waals surface area (Å²) in [6.45, 7) is 4.52. The molecule has 0 spiro atoms. The summed E-state index contributed by atoms with van der Waals surface area (Å²) in [7, 11) is 3.68. The number of hydrogen-bond donors (Lipinski definition) is 2. The van der Waals surface area contributed by atoms with Crippen molar-refractivity contribution in [3.63, 3.8) is 0 Å². The third kappa shape index (κ3) is 5.72. The van der Waals surface area contributed by atoms with Crippen molar-refractivity contribution in [2.24, 2.45) is 0 Å². The SMILES string of the molecule is CC(C)c1cccc(C(=O)Nc2ccc(NC(=O)CN(C)C)cc2)c1. The second-order valence-electron chi connectivity index (χ2n) is 6.60. The third-order valence-electron chi connectivity index (χ3n) is 3.70. The highest BCUT2D eigenvalue weighted by molar-refractivity contribution is 6.04. The van der Waals surface area contributed by atoms with Crippen LogP contribution in [0, 0.1) is 0 Å². The molecule has 2 N–H and O–H groups in total. The van der Waals surface area contributed by atoms with Gasteiger partial charge in [0.25, 0.3) is 5.91 Å². The van der Waals surface area contributed by atoms with E-state index in [1.807, 2.05) is 32.3 Å². The number of amides is 2. The van der Waals surface area contributed by atoms with Gasteiger partial charge in [-0.3, -0.25) is 9.59 Å². The van der Waals surface area contributed by atoms with Gasteiger partial charge in [-0.2, -0.15) is 0 Å². The number of carbonyl (C=O) groups is 2. The minimum atomic E-state index is -0.146. The van der Waals surface area contributed by atoms with Crippen LogP contribution in [-0.4, -0.2) is 37.4 Å². The standard InChI is InChI=1S/C20H25N3O2/c1-14(2)15-6-5-7-16(12-15)20(25)22-18-10-8-17(9-11-18)21-19(24)13-23(3)4/h5-12,14H,13H2,1-4H3,(H,21,24)(H,22,25). The molecule has 2 aromatic rings. The van der Waals surface area contributed by atoms with Crippen molar-refractivity contribution in [2.45, 2.75) is 19.8 Å². The maximum absolute atomic E-state index is 12.4. The molecule has 0 aliphatic carbocycles. The van der Waals surface area contributed by atoms with E-state index in [0.29, 0.717) is 29.4 Å². The van der Waals surface area contributed by atoms with Crippen molar-refractivity contribution in [1.29, 1.82) is 0 Å². The van der Waals surface area contributed by atoms with Crippen molar-refractivity contribution in [1.82, 2.24) is 4.90 Å². The lowest BCUT2D eigenvalue weighted by Crippen LogP contribution is -2.27. The maximum Gasteiger partial charge on any atom is 0.255 e. The van der Waals surface area contributed by atoms with Crippen LogP contribution in [0.2, 0.25) is 0 Å². The second-order valence-corrected chi connectivity index (χ2v) is 6.60. The number of nitrogens with one attached hydrogen (secondary N) is 2. The fourth-order valence-electron chi connectivity index (χ4n) is 2.37. The van der Waals surface area contributed by atoms with E-state index in [1.54, 1.807) is 35.2 Å². The Bertz CT molecular complexity index is 737. The van der Waals surface area contributed by atoms with E-state index in [1.165, 1.54) is 0 Å². The summed E-state index contributed by atoms with van der Waals surface area (Å²) in [5.41, 5.74) is 3.15. The largest absolute Gasteiger partial charge is 0.325 e. The lowest BCUT2D eigenvalue weighted by atomic mass is 10.0. The van der Waals surface area contributed by atoms with E-state index >= 15 is 0 Å². The Hall–Kier alpha value is -2.66. The Morgan fingerprint density at radius 1 is 0.960 bits per heavy atom.